The van der Waals surface area contributed by atoms with Gasteiger partial charge < -0.3 is 14.4 Å². The summed E-state index contributed by atoms with van der Waals surface area (Å²) in [5.74, 6) is -0.909. The van der Waals surface area contributed by atoms with E-state index in [4.69, 9.17) is 14.4 Å². The summed E-state index contributed by atoms with van der Waals surface area (Å²) in [6.45, 7) is 6.80. The van der Waals surface area contributed by atoms with E-state index in [0.717, 1.165) is 17.0 Å². The van der Waals surface area contributed by atoms with E-state index >= 15 is 0 Å². The van der Waals surface area contributed by atoms with E-state index in [0.29, 0.717) is 49.4 Å². The summed E-state index contributed by atoms with van der Waals surface area (Å²) in [6, 6.07) is 6.19. The van der Waals surface area contributed by atoms with Crippen LogP contribution in [0, 0.1) is 0 Å². The third kappa shape index (κ3) is 7.77. The Kier molecular flexibility index (Phi) is 11.0. The van der Waals surface area contributed by atoms with Crippen LogP contribution in [0.2, 0.25) is 0 Å². The molecule has 2 aromatic carbocycles. The van der Waals surface area contributed by atoms with Crippen LogP contribution in [0.5, 0.6) is 5.75 Å². The Morgan fingerprint density at radius 3 is 2.34 bits per heavy atom. The van der Waals surface area contributed by atoms with Gasteiger partial charge in [0.05, 0.1) is 28.2 Å². The van der Waals surface area contributed by atoms with E-state index in [1.165, 1.54) is 12.1 Å². The maximum Gasteiger partial charge on any atom is 1.00 e. The molecule has 0 amide bonds. The molecule has 0 bridgehead atoms. The van der Waals surface area contributed by atoms with Crippen LogP contribution in [0.25, 0.3) is 10.8 Å². The number of carboxylic acid groups (broad SMARTS) is 1. The molecule has 1 aliphatic rings. The van der Waals surface area contributed by atoms with Crippen LogP contribution in [0.15, 0.2) is 29.2 Å². The molecular formula is C25H33NNaO9S2+. The Balaban J connectivity index is 0.00000507. The van der Waals surface area contributed by atoms with E-state index in [-0.39, 0.29) is 59.0 Å². The number of unbranched alkanes of at least 4 members (excludes halogenated alkanes) is 3. The first kappa shape index (κ1) is 32.7. The third-order valence-electron chi connectivity index (χ3n) is 6.87. The molecule has 10 nitrogen and oxygen atoms in total. The average molecular weight is 579 g/mol. The minimum atomic E-state index is -4.74. The summed E-state index contributed by atoms with van der Waals surface area (Å²) in [6.07, 6.45) is 2.57. The number of aliphatic carboxylic acids is 1. The monoisotopic (exact) mass is 578 g/mol. The third-order valence-corrected chi connectivity index (χ3v) is 8.49. The van der Waals surface area contributed by atoms with Crippen molar-refractivity contribution in [2.75, 3.05) is 18.9 Å². The topological polar surface area (TPSA) is 161 Å². The molecular weight excluding hydrogens is 545 g/mol. The summed E-state index contributed by atoms with van der Waals surface area (Å²) in [7, 11) is -8.77. The molecule has 13 heteroatoms. The van der Waals surface area contributed by atoms with E-state index in [1.54, 1.807) is 6.07 Å². The van der Waals surface area contributed by atoms with Crippen LogP contribution in [-0.4, -0.2) is 66.2 Å². The van der Waals surface area contributed by atoms with Crippen LogP contribution >= 0.6 is 0 Å². The van der Waals surface area contributed by atoms with Crippen molar-refractivity contribution >= 4 is 48.4 Å². The van der Waals surface area contributed by atoms with Gasteiger partial charge in [0.25, 0.3) is 10.1 Å². The molecule has 0 aliphatic carbocycles. The Morgan fingerprint density at radius 2 is 1.74 bits per heavy atom. The predicted molar refractivity (Wildman–Crippen MR) is 138 cm³/mol. The van der Waals surface area contributed by atoms with E-state index in [9.17, 15) is 26.2 Å². The predicted octanol–water partition coefficient (Wildman–Crippen LogP) is 0.836. The Morgan fingerprint density at radius 1 is 1.05 bits per heavy atom. The summed E-state index contributed by atoms with van der Waals surface area (Å²) in [5, 5.41) is 10.0. The number of ether oxygens (including phenoxy) is 1. The summed E-state index contributed by atoms with van der Waals surface area (Å²) < 4.78 is 74.8. The Labute approximate surface area is 245 Å². The normalized spacial score (nSPS) is 14.9. The first-order valence-electron chi connectivity index (χ1n) is 12.1. The SMILES string of the molecule is CC1=[N+](CCCCS(=O)(=O)O)c2ccc3cc(S(=O)(=O)[O-])cc(OCCCCCC(=O)O)c3c2C1(C)C.[Na+]. The van der Waals surface area contributed by atoms with Gasteiger partial charge in [-0.3, -0.25) is 9.35 Å². The molecule has 0 unspecified atom stereocenters. The number of nitrogens with zero attached hydrogens (tertiary/aromatic N) is 1. The van der Waals surface area contributed by atoms with Crippen LogP contribution < -0.4 is 34.3 Å². The minimum absolute atomic E-state index is 0. The standard InChI is InChI=1S/C25H33NO9S2.Na/c1-17-25(2,3)24-20(26(17)12-6-8-14-36(29,30)31)11-10-18-15-19(37(32,33)34)16-21(23(18)24)35-13-7-4-5-9-22(27)28;/h10-11,15-16H,4-9,12-14H2,1-3H3,(H2-,27,28,29,30,31,32,33,34);/q;+1. The van der Waals surface area contributed by atoms with Gasteiger partial charge in [-0.05, 0) is 63.1 Å². The molecule has 204 valence electrons. The van der Waals surface area contributed by atoms with Gasteiger partial charge >= 0.3 is 35.5 Å². The summed E-state index contributed by atoms with van der Waals surface area (Å²) in [5.41, 5.74) is 2.33. The molecule has 0 aromatic heterocycles. The Hall–Kier alpha value is -1.54. The Bertz CT molecular complexity index is 1450. The maximum absolute atomic E-state index is 11.9. The van der Waals surface area contributed by atoms with Crippen LogP contribution in [-0.2, 0) is 30.4 Å². The molecule has 0 saturated heterocycles. The first-order chi connectivity index (χ1) is 17.1. The van der Waals surface area contributed by atoms with Crippen molar-refractivity contribution in [1.82, 2.24) is 0 Å². The van der Waals surface area contributed by atoms with Gasteiger partial charge in [-0.15, -0.1) is 0 Å². The van der Waals surface area contributed by atoms with Gasteiger partial charge in [0.2, 0.25) is 5.69 Å². The number of carboxylic acids is 1. The van der Waals surface area contributed by atoms with Crippen LogP contribution in [0.4, 0.5) is 5.69 Å². The molecule has 0 fully saturated rings. The minimum Gasteiger partial charge on any atom is -0.744 e. The van der Waals surface area contributed by atoms with E-state index in [2.05, 4.69) is 4.58 Å². The maximum atomic E-state index is 11.9. The van der Waals surface area contributed by atoms with E-state index < -0.39 is 31.6 Å². The number of rotatable bonds is 13. The van der Waals surface area contributed by atoms with Crippen molar-refractivity contribution in [1.29, 1.82) is 0 Å². The zero-order chi connectivity index (χ0) is 27.6. The zero-order valence-corrected chi connectivity index (χ0v) is 25.8. The second-order valence-corrected chi connectivity index (χ2v) is 12.8. The van der Waals surface area contributed by atoms with Crippen molar-refractivity contribution < 1.29 is 74.7 Å². The van der Waals surface area contributed by atoms with Crippen molar-refractivity contribution in [3.63, 3.8) is 0 Å². The number of hydrogen-bond acceptors (Lipinski definition) is 7. The second-order valence-electron chi connectivity index (χ2n) is 9.84. The van der Waals surface area contributed by atoms with Gasteiger partial charge in [0, 0.05) is 31.2 Å². The van der Waals surface area contributed by atoms with Crippen molar-refractivity contribution in [3.05, 3.63) is 29.8 Å². The smallest absolute Gasteiger partial charge is 0.744 e. The fraction of sp³-hybridized carbons (Fsp3) is 0.520. The van der Waals surface area contributed by atoms with Gasteiger partial charge in [-0.1, -0.05) is 0 Å². The number of fused-ring (bicyclic) bond motifs is 3. The van der Waals surface area contributed by atoms with Gasteiger partial charge in [0.15, 0.2) is 5.71 Å². The number of hydrogen-bond donors (Lipinski definition) is 2. The molecule has 1 heterocycles. The molecule has 2 N–H and O–H groups in total. The van der Waals surface area contributed by atoms with Gasteiger partial charge in [-0.2, -0.15) is 13.0 Å². The molecule has 38 heavy (non-hydrogen) atoms. The second kappa shape index (κ2) is 12.8. The quantitative estimate of drug-likeness (QED) is 0.152. The van der Waals surface area contributed by atoms with Crippen molar-refractivity contribution in [3.8, 4) is 5.75 Å². The fourth-order valence-electron chi connectivity index (χ4n) is 4.78. The molecule has 3 rings (SSSR count). The molecule has 0 radical (unpaired) electrons. The number of carbonyl (C=O) groups is 1. The molecule has 1 aliphatic heterocycles. The van der Waals surface area contributed by atoms with E-state index in [1.807, 2.05) is 26.8 Å². The molecule has 2 aromatic rings. The van der Waals surface area contributed by atoms with Crippen LogP contribution in [0.1, 0.15) is 64.9 Å². The first-order valence-corrected chi connectivity index (χ1v) is 15.1. The molecule has 0 atom stereocenters. The van der Waals surface area contributed by atoms with Gasteiger partial charge in [0.1, 0.15) is 22.4 Å². The fourth-order valence-corrected chi connectivity index (χ4v) is 5.88. The average Bonchev–Trinajstić information content (AvgIpc) is 2.97. The molecule has 0 spiro atoms. The van der Waals surface area contributed by atoms with Crippen molar-refractivity contribution in [2.45, 2.75) is 69.6 Å². The zero-order valence-electron chi connectivity index (χ0n) is 22.2. The summed E-state index contributed by atoms with van der Waals surface area (Å²) >= 11 is 0. The molecule has 0 saturated carbocycles. The van der Waals surface area contributed by atoms with Crippen molar-refractivity contribution in [2.24, 2.45) is 0 Å². The number of benzene rings is 2. The summed E-state index contributed by atoms with van der Waals surface area (Å²) in [4.78, 5) is 10.3. The van der Waals surface area contributed by atoms with Gasteiger partial charge in [-0.25, -0.2) is 8.42 Å². The van der Waals surface area contributed by atoms with Crippen LogP contribution in [0.3, 0.4) is 0 Å². The largest absolute Gasteiger partial charge is 1.00 e.